The van der Waals surface area contributed by atoms with Crippen molar-refractivity contribution in [2.45, 2.75) is 69.3 Å². The molecule has 0 spiro atoms. The molecule has 1 aromatic carbocycles. The number of likely N-dealkylation sites (N-methyl/N-ethyl adjacent to an activating group) is 1. The maximum absolute atomic E-state index is 14.7. The number of carbonyl (C=O) groups excluding carboxylic acids is 1. The molecular formula is C30H35F4N7O3. The van der Waals surface area contributed by atoms with Crippen molar-refractivity contribution < 1.29 is 31.6 Å². The largest absolute Gasteiger partial charge is 0.406 e. The number of ether oxygens (including phenoxy) is 1. The Morgan fingerprint density at radius 2 is 2.05 bits per heavy atom. The van der Waals surface area contributed by atoms with Crippen LogP contribution < -0.4 is 10.6 Å². The number of likely N-dealkylation sites (tertiary alicyclic amines) is 1. The molecule has 2 N–H and O–H groups in total. The highest BCUT2D eigenvalue weighted by molar-refractivity contribution is 5.96. The summed E-state index contributed by atoms with van der Waals surface area (Å²) < 4.78 is 69.8. The molecule has 4 atom stereocenters. The fourth-order valence-corrected chi connectivity index (χ4v) is 6.33. The highest BCUT2D eigenvalue weighted by atomic mass is 19.4. The lowest BCUT2D eigenvalue weighted by atomic mass is 10.0. The first-order chi connectivity index (χ1) is 21.1. The van der Waals surface area contributed by atoms with Crippen LogP contribution in [0.4, 0.5) is 23.2 Å². The van der Waals surface area contributed by atoms with Crippen molar-refractivity contribution >= 4 is 22.5 Å². The molecule has 3 aromatic heterocycles. The summed E-state index contributed by atoms with van der Waals surface area (Å²) in [5, 5.41) is 10.4. The van der Waals surface area contributed by atoms with Gasteiger partial charge in [-0.3, -0.25) is 4.79 Å². The summed E-state index contributed by atoms with van der Waals surface area (Å²) in [5.41, 5.74) is 1.36. The predicted molar refractivity (Wildman–Crippen MR) is 155 cm³/mol. The van der Waals surface area contributed by atoms with Gasteiger partial charge in [-0.05, 0) is 57.0 Å². The van der Waals surface area contributed by atoms with Gasteiger partial charge in [0.1, 0.15) is 12.7 Å². The summed E-state index contributed by atoms with van der Waals surface area (Å²) in [6.45, 7) is -0.291. The lowest BCUT2D eigenvalue weighted by molar-refractivity contribution is -0.139. The van der Waals surface area contributed by atoms with E-state index in [0.29, 0.717) is 41.7 Å². The van der Waals surface area contributed by atoms with Crippen LogP contribution in [0.25, 0.3) is 22.4 Å². The minimum absolute atomic E-state index is 0.0377. The lowest BCUT2D eigenvalue weighted by Gasteiger charge is -2.33. The second-order valence-corrected chi connectivity index (χ2v) is 11.6. The van der Waals surface area contributed by atoms with Crippen LogP contribution >= 0.6 is 0 Å². The number of hydrogen-bond donors (Lipinski definition) is 2. The number of piperidine rings is 1. The molecule has 14 heteroatoms. The van der Waals surface area contributed by atoms with Gasteiger partial charge in [0.15, 0.2) is 0 Å². The fourth-order valence-electron chi connectivity index (χ4n) is 6.33. The Labute approximate surface area is 251 Å². The molecule has 6 rings (SSSR count). The van der Waals surface area contributed by atoms with Crippen LogP contribution in [0.15, 0.2) is 47.2 Å². The number of benzene rings is 1. The third-order valence-electron chi connectivity index (χ3n) is 8.53. The van der Waals surface area contributed by atoms with Crippen molar-refractivity contribution in [1.29, 1.82) is 0 Å². The Morgan fingerprint density at radius 3 is 2.84 bits per heavy atom. The third-order valence-corrected chi connectivity index (χ3v) is 8.53. The fraction of sp³-hybridized carbons (Fsp3) is 0.500. The molecule has 1 amide bonds. The molecule has 236 valence electrons. The van der Waals surface area contributed by atoms with Crippen molar-refractivity contribution in [3.05, 3.63) is 54.2 Å². The van der Waals surface area contributed by atoms with Crippen LogP contribution in [0.1, 0.15) is 48.0 Å². The van der Waals surface area contributed by atoms with Crippen molar-refractivity contribution in [2.24, 2.45) is 0 Å². The van der Waals surface area contributed by atoms with Gasteiger partial charge in [0.2, 0.25) is 11.7 Å². The average Bonchev–Trinajstić information content (AvgIpc) is 3.79. The molecule has 1 aliphatic carbocycles. The van der Waals surface area contributed by atoms with E-state index < -0.39 is 24.9 Å². The van der Waals surface area contributed by atoms with Crippen molar-refractivity contribution in [2.75, 3.05) is 32.6 Å². The molecule has 44 heavy (non-hydrogen) atoms. The first-order valence-electron chi connectivity index (χ1n) is 14.7. The van der Waals surface area contributed by atoms with Gasteiger partial charge in [-0.25, -0.2) is 4.39 Å². The molecule has 4 heterocycles. The van der Waals surface area contributed by atoms with Gasteiger partial charge < -0.3 is 33.9 Å². The zero-order chi connectivity index (χ0) is 31.0. The Bertz CT molecular complexity index is 1610. The normalized spacial score (nSPS) is 23.0. The minimum atomic E-state index is -4.53. The van der Waals surface area contributed by atoms with E-state index in [1.807, 2.05) is 22.7 Å². The number of carbonyl (C=O) groups is 1. The quantitative estimate of drug-likeness (QED) is 0.250. The molecule has 1 aliphatic heterocycles. The number of hydrogen-bond acceptors (Lipinski definition) is 7. The molecule has 0 bridgehead atoms. The monoisotopic (exact) mass is 617 g/mol. The van der Waals surface area contributed by atoms with Crippen molar-refractivity contribution in [1.82, 2.24) is 29.5 Å². The number of amides is 1. The standard InChI is InChI=1S/C30H35F4N7O3/c1-39-11-10-20(31)22(16-39)36-21-5-3-6-23-19(21)13-25(41(23)17-30(32,33)34)28-37-27(44-38-28)14-35-29(42)18-9-12-40(15-18)24-7-4-8-26(24)43-2/h3,5-6,9,12-13,15,20,22,24,26,36H,4,7-8,10-11,14,16-17H2,1-2H3,(H,35,42)/t20-,22+,24?,26-/m0/s1. The van der Waals surface area contributed by atoms with E-state index in [1.165, 1.54) is 0 Å². The summed E-state index contributed by atoms with van der Waals surface area (Å²) >= 11 is 0. The first-order valence-corrected chi connectivity index (χ1v) is 14.7. The van der Waals surface area contributed by atoms with E-state index in [-0.39, 0.29) is 42.0 Å². The number of anilines is 1. The second kappa shape index (κ2) is 12.2. The highest BCUT2D eigenvalue weighted by Gasteiger charge is 2.33. The maximum Gasteiger partial charge on any atom is 0.406 e. The van der Waals surface area contributed by atoms with Crippen LogP contribution in [-0.4, -0.2) is 81.8 Å². The van der Waals surface area contributed by atoms with E-state index >= 15 is 0 Å². The van der Waals surface area contributed by atoms with Gasteiger partial charge in [-0.1, -0.05) is 11.2 Å². The Balaban J connectivity index is 1.21. The number of aromatic nitrogens is 4. The molecule has 1 saturated heterocycles. The smallest absolute Gasteiger partial charge is 0.379 e. The summed E-state index contributed by atoms with van der Waals surface area (Å²) in [6.07, 6.45) is 1.47. The summed E-state index contributed by atoms with van der Waals surface area (Å²) in [4.78, 5) is 19.1. The third kappa shape index (κ3) is 6.32. The molecule has 4 aromatic rings. The van der Waals surface area contributed by atoms with Crippen molar-refractivity contribution in [3.63, 3.8) is 0 Å². The highest BCUT2D eigenvalue weighted by Crippen LogP contribution is 2.35. The number of nitrogens with one attached hydrogen (secondary N) is 2. The van der Waals surface area contributed by atoms with Gasteiger partial charge in [0, 0.05) is 43.7 Å². The van der Waals surface area contributed by atoms with Crippen LogP contribution in [0.5, 0.6) is 0 Å². The number of fused-ring (bicyclic) bond motifs is 1. The summed E-state index contributed by atoms with van der Waals surface area (Å²) in [6, 6.07) is 7.86. The molecular weight excluding hydrogens is 582 g/mol. The van der Waals surface area contributed by atoms with Gasteiger partial charge in [0.25, 0.3) is 5.91 Å². The summed E-state index contributed by atoms with van der Waals surface area (Å²) in [5.74, 6) is -0.369. The zero-order valence-corrected chi connectivity index (χ0v) is 24.5. The molecule has 0 radical (unpaired) electrons. The summed E-state index contributed by atoms with van der Waals surface area (Å²) in [7, 11) is 3.59. The second-order valence-electron chi connectivity index (χ2n) is 11.6. The number of rotatable bonds is 9. The number of nitrogens with zero attached hydrogens (tertiary/aromatic N) is 5. The zero-order valence-electron chi connectivity index (χ0n) is 24.5. The molecule has 1 saturated carbocycles. The van der Waals surface area contributed by atoms with Crippen molar-refractivity contribution in [3.8, 4) is 11.5 Å². The Kier molecular flexibility index (Phi) is 8.38. The number of alkyl halides is 4. The van der Waals surface area contributed by atoms with E-state index in [1.54, 1.807) is 43.6 Å². The maximum atomic E-state index is 14.7. The predicted octanol–water partition coefficient (Wildman–Crippen LogP) is 5.18. The van der Waals surface area contributed by atoms with E-state index in [9.17, 15) is 22.4 Å². The van der Waals surface area contributed by atoms with Crippen LogP contribution in [-0.2, 0) is 17.8 Å². The topological polar surface area (TPSA) is 102 Å². The Hall–Kier alpha value is -3.91. The molecule has 1 unspecified atom stereocenters. The SMILES string of the molecule is CO[C@H]1CCCC1n1ccc(C(=O)NCc2nc(-c3cc4c(N[C@@H]5CN(C)CC[C@@H]5F)cccc4n3CC(F)(F)F)no2)c1. The van der Waals surface area contributed by atoms with E-state index in [4.69, 9.17) is 9.26 Å². The molecule has 10 nitrogen and oxygen atoms in total. The van der Waals surface area contributed by atoms with Gasteiger partial charge in [0.05, 0.1) is 41.5 Å². The van der Waals surface area contributed by atoms with E-state index in [0.717, 1.165) is 23.8 Å². The van der Waals surface area contributed by atoms with Crippen LogP contribution in [0, 0.1) is 0 Å². The van der Waals surface area contributed by atoms with Crippen LogP contribution in [0.3, 0.4) is 0 Å². The average molecular weight is 618 g/mol. The van der Waals surface area contributed by atoms with Gasteiger partial charge in [-0.2, -0.15) is 18.2 Å². The molecule has 2 aliphatic rings. The number of methoxy groups -OCH3 is 1. The van der Waals surface area contributed by atoms with E-state index in [2.05, 4.69) is 20.8 Å². The van der Waals surface area contributed by atoms with Crippen LogP contribution in [0.2, 0.25) is 0 Å². The van der Waals surface area contributed by atoms with Gasteiger partial charge in [-0.15, -0.1) is 0 Å². The molecule has 2 fully saturated rings. The number of halogens is 4. The van der Waals surface area contributed by atoms with Gasteiger partial charge >= 0.3 is 6.18 Å². The lowest BCUT2D eigenvalue weighted by Crippen LogP contribution is -2.47. The Morgan fingerprint density at radius 1 is 1.20 bits per heavy atom. The minimum Gasteiger partial charge on any atom is -0.379 e. The first kappa shape index (κ1) is 30.1.